The summed E-state index contributed by atoms with van der Waals surface area (Å²) in [5, 5.41) is 8.88. The van der Waals surface area contributed by atoms with E-state index in [0.717, 1.165) is 6.26 Å². The summed E-state index contributed by atoms with van der Waals surface area (Å²) in [5.41, 5.74) is 0.194. The number of nitrogens with one attached hydrogen (secondary N) is 2. The average molecular weight is 300 g/mol. The third-order valence-corrected chi connectivity index (χ3v) is 3.92. The molecule has 0 saturated heterocycles. The number of hydrogen-bond donors (Lipinski definition) is 2. The molecule has 0 aliphatic rings. The Balaban J connectivity index is 2.33. The Labute approximate surface area is 114 Å². The molecule has 2 rings (SSSR count). The van der Waals surface area contributed by atoms with Crippen LogP contribution in [0.5, 0.6) is 0 Å². The van der Waals surface area contributed by atoms with Gasteiger partial charge < -0.3 is 5.32 Å². The lowest BCUT2D eigenvalue weighted by molar-refractivity contribution is 0.102. The van der Waals surface area contributed by atoms with E-state index in [1.54, 1.807) is 6.07 Å². The van der Waals surface area contributed by atoms with Crippen molar-refractivity contribution in [2.24, 2.45) is 0 Å². The van der Waals surface area contributed by atoms with Gasteiger partial charge in [0.1, 0.15) is 5.82 Å². The number of rotatable bonds is 3. The monoisotopic (exact) mass is 299 g/mol. The number of sulfone groups is 1. The zero-order valence-electron chi connectivity index (χ0n) is 9.84. The molecule has 0 bridgehead atoms. The number of aromatic amines is 1. The maximum atomic E-state index is 11.9. The maximum absolute atomic E-state index is 11.9. The smallest absolute Gasteiger partial charge is 0.256 e. The van der Waals surface area contributed by atoms with Crippen LogP contribution in [0.15, 0.2) is 35.4 Å². The van der Waals surface area contributed by atoms with E-state index in [1.807, 2.05) is 0 Å². The van der Waals surface area contributed by atoms with Crippen LogP contribution in [0.2, 0.25) is 5.02 Å². The molecule has 0 aliphatic heterocycles. The maximum Gasteiger partial charge on any atom is 0.256 e. The van der Waals surface area contributed by atoms with Gasteiger partial charge >= 0.3 is 0 Å². The molecule has 0 radical (unpaired) electrons. The second-order valence-corrected chi connectivity index (χ2v) is 6.23. The van der Waals surface area contributed by atoms with E-state index in [2.05, 4.69) is 15.5 Å². The highest BCUT2D eigenvalue weighted by Crippen LogP contribution is 2.22. The van der Waals surface area contributed by atoms with Crippen molar-refractivity contribution >= 4 is 33.2 Å². The molecule has 0 fully saturated rings. The molecule has 1 amide bonds. The van der Waals surface area contributed by atoms with Crippen LogP contribution >= 0.6 is 11.6 Å². The molecule has 100 valence electrons. The molecule has 2 N–H and O–H groups in total. The van der Waals surface area contributed by atoms with E-state index < -0.39 is 15.7 Å². The third kappa shape index (κ3) is 3.12. The molecule has 1 aromatic heterocycles. The summed E-state index contributed by atoms with van der Waals surface area (Å²) in [6.45, 7) is 0. The van der Waals surface area contributed by atoms with Crippen molar-refractivity contribution in [2.45, 2.75) is 4.90 Å². The molecule has 8 heteroatoms. The molecule has 19 heavy (non-hydrogen) atoms. The van der Waals surface area contributed by atoms with Gasteiger partial charge in [0.05, 0.1) is 16.1 Å². The molecule has 0 atom stereocenters. The molecule has 1 aromatic carbocycles. The molecule has 0 unspecified atom stereocenters. The van der Waals surface area contributed by atoms with Crippen LogP contribution in [-0.2, 0) is 9.84 Å². The number of benzene rings is 1. The number of amides is 1. The van der Waals surface area contributed by atoms with Crippen molar-refractivity contribution in [1.29, 1.82) is 0 Å². The van der Waals surface area contributed by atoms with Gasteiger partial charge in [0.25, 0.3) is 5.91 Å². The SMILES string of the molecule is CS(=O)(=O)c1cc(C(=O)Nc2ccn[nH]2)ccc1Cl. The van der Waals surface area contributed by atoms with Crippen molar-refractivity contribution in [1.82, 2.24) is 10.2 Å². The molecular formula is C11H10ClN3O3S. The highest BCUT2D eigenvalue weighted by Gasteiger charge is 2.16. The second kappa shape index (κ2) is 5.02. The van der Waals surface area contributed by atoms with Gasteiger partial charge in [0, 0.05) is 17.9 Å². The van der Waals surface area contributed by atoms with Crippen LogP contribution < -0.4 is 5.32 Å². The summed E-state index contributed by atoms with van der Waals surface area (Å²) in [6, 6.07) is 5.64. The lowest BCUT2D eigenvalue weighted by atomic mass is 10.2. The minimum absolute atomic E-state index is 0.0774. The summed E-state index contributed by atoms with van der Waals surface area (Å²) < 4.78 is 23.0. The van der Waals surface area contributed by atoms with Crippen molar-refractivity contribution in [2.75, 3.05) is 11.6 Å². The Morgan fingerprint density at radius 1 is 1.37 bits per heavy atom. The standard InChI is InChI=1S/C11H10ClN3O3S/c1-19(17,18)9-6-7(2-3-8(9)12)11(16)14-10-4-5-13-15-10/h2-6H,1H3,(H2,13,14,15,16). The highest BCUT2D eigenvalue weighted by molar-refractivity contribution is 7.90. The first kappa shape index (κ1) is 13.6. The van der Waals surface area contributed by atoms with Gasteiger partial charge in [-0.25, -0.2) is 8.42 Å². The van der Waals surface area contributed by atoms with Crippen molar-refractivity contribution < 1.29 is 13.2 Å². The number of carbonyl (C=O) groups excluding carboxylic acids is 1. The summed E-state index contributed by atoms with van der Waals surface area (Å²) in [7, 11) is -3.48. The fourth-order valence-electron chi connectivity index (χ4n) is 1.45. The van der Waals surface area contributed by atoms with E-state index >= 15 is 0 Å². The summed E-state index contributed by atoms with van der Waals surface area (Å²) in [5.74, 6) is -0.0355. The van der Waals surface area contributed by atoms with Crippen LogP contribution in [0.1, 0.15) is 10.4 Å². The van der Waals surface area contributed by atoms with Gasteiger partial charge in [-0.15, -0.1) is 0 Å². The highest BCUT2D eigenvalue weighted by atomic mass is 35.5. The Morgan fingerprint density at radius 2 is 2.11 bits per heavy atom. The Kier molecular flexibility index (Phi) is 3.59. The van der Waals surface area contributed by atoms with Crippen LogP contribution in [0, 0.1) is 0 Å². The number of carbonyl (C=O) groups is 1. The average Bonchev–Trinajstić information content (AvgIpc) is 2.80. The van der Waals surface area contributed by atoms with Gasteiger partial charge in [-0.05, 0) is 18.2 Å². The van der Waals surface area contributed by atoms with Gasteiger partial charge in [-0.2, -0.15) is 5.10 Å². The summed E-state index contributed by atoms with van der Waals surface area (Å²) >= 11 is 5.80. The van der Waals surface area contributed by atoms with Crippen LogP contribution in [0.4, 0.5) is 5.82 Å². The number of H-pyrrole nitrogens is 1. The van der Waals surface area contributed by atoms with E-state index in [9.17, 15) is 13.2 Å². The minimum Gasteiger partial charge on any atom is -0.307 e. The van der Waals surface area contributed by atoms with Crippen molar-refractivity contribution in [3.05, 3.63) is 41.0 Å². The number of anilines is 1. The lowest BCUT2D eigenvalue weighted by Gasteiger charge is -2.06. The number of nitrogens with zero attached hydrogens (tertiary/aromatic N) is 1. The Bertz CT molecular complexity index is 711. The van der Waals surface area contributed by atoms with E-state index in [1.165, 1.54) is 24.4 Å². The van der Waals surface area contributed by atoms with Gasteiger partial charge in [0.2, 0.25) is 0 Å². The molecule has 0 spiro atoms. The molecule has 1 heterocycles. The Hall–Kier alpha value is -1.86. The van der Waals surface area contributed by atoms with Gasteiger partial charge in [-0.3, -0.25) is 9.89 Å². The molecule has 2 aromatic rings. The molecule has 0 aliphatic carbocycles. The predicted molar refractivity (Wildman–Crippen MR) is 71.1 cm³/mol. The molecular weight excluding hydrogens is 290 g/mol. The lowest BCUT2D eigenvalue weighted by Crippen LogP contribution is -2.13. The largest absolute Gasteiger partial charge is 0.307 e. The summed E-state index contributed by atoms with van der Waals surface area (Å²) in [6.07, 6.45) is 2.52. The van der Waals surface area contributed by atoms with E-state index in [-0.39, 0.29) is 15.5 Å². The van der Waals surface area contributed by atoms with Crippen molar-refractivity contribution in [3.8, 4) is 0 Å². The topological polar surface area (TPSA) is 91.9 Å². The fourth-order valence-corrected chi connectivity index (χ4v) is 2.75. The number of halogens is 1. The zero-order chi connectivity index (χ0) is 14.0. The number of hydrogen-bond acceptors (Lipinski definition) is 4. The van der Waals surface area contributed by atoms with E-state index in [4.69, 9.17) is 11.6 Å². The van der Waals surface area contributed by atoms with E-state index in [0.29, 0.717) is 5.82 Å². The first-order valence-electron chi connectivity index (χ1n) is 5.18. The zero-order valence-corrected chi connectivity index (χ0v) is 11.4. The predicted octanol–water partition coefficient (Wildman–Crippen LogP) is 1.72. The van der Waals surface area contributed by atoms with Crippen LogP contribution in [-0.4, -0.2) is 30.8 Å². The number of aromatic nitrogens is 2. The molecule has 0 saturated carbocycles. The first-order valence-corrected chi connectivity index (χ1v) is 7.45. The quantitative estimate of drug-likeness (QED) is 0.902. The second-order valence-electron chi connectivity index (χ2n) is 3.84. The Morgan fingerprint density at radius 3 is 2.68 bits per heavy atom. The van der Waals surface area contributed by atoms with Crippen molar-refractivity contribution in [3.63, 3.8) is 0 Å². The molecule has 6 nitrogen and oxygen atoms in total. The first-order chi connectivity index (χ1) is 8.88. The van der Waals surface area contributed by atoms with Crippen LogP contribution in [0.3, 0.4) is 0 Å². The fraction of sp³-hybridized carbons (Fsp3) is 0.0909. The normalized spacial score (nSPS) is 11.3. The third-order valence-electron chi connectivity index (χ3n) is 2.34. The van der Waals surface area contributed by atoms with Gasteiger partial charge in [0.15, 0.2) is 9.84 Å². The summed E-state index contributed by atoms with van der Waals surface area (Å²) in [4.78, 5) is 11.8. The van der Waals surface area contributed by atoms with Crippen LogP contribution in [0.25, 0.3) is 0 Å². The minimum atomic E-state index is -3.48. The van der Waals surface area contributed by atoms with Gasteiger partial charge in [-0.1, -0.05) is 11.6 Å².